The fourth-order valence-corrected chi connectivity index (χ4v) is 3.19. The molecule has 0 aliphatic carbocycles. The zero-order valence-corrected chi connectivity index (χ0v) is 19.0. The van der Waals surface area contributed by atoms with Crippen molar-refractivity contribution in [2.45, 2.75) is 13.8 Å². The molecular weight excluding hydrogens is 426 g/mol. The normalized spacial score (nSPS) is 11.1. The second-order valence-corrected chi connectivity index (χ2v) is 7.10. The number of nitrogens with one attached hydrogen (secondary N) is 2. The molecule has 0 saturated carbocycles. The van der Waals surface area contributed by atoms with E-state index in [4.69, 9.17) is 9.47 Å². The first-order chi connectivity index (χ1) is 15.8. The van der Waals surface area contributed by atoms with Crippen LogP contribution >= 0.6 is 0 Å². The Morgan fingerprint density at radius 3 is 2.27 bits per heavy atom. The summed E-state index contributed by atoms with van der Waals surface area (Å²) in [5, 5.41) is 6.37. The lowest BCUT2D eigenvalue weighted by molar-refractivity contribution is -0.136. The Hall–Kier alpha value is -4.34. The van der Waals surface area contributed by atoms with Gasteiger partial charge in [-0.05, 0) is 44.2 Å². The standard InChI is InChI=1S/C23H25N5O5/c1-14(16-11-12-18(32-4)19(13-16)33-5)25-26-22(30)21(29)24-20-15(2)27(3)28(23(20)31)17-9-7-6-8-10-17/h6-13H,1-5H3,(H,24,29)(H,26,30)/b25-14+. The molecule has 0 aliphatic heterocycles. The van der Waals surface area contributed by atoms with E-state index in [9.17, 15) is 14.4 Å². The molecule has 1 aromatic heterocycles. The third kappa shape index (κ3) is 4.79. The summed E-state index contributed by atoms with van der Waals surface area (Å²) in [6.07, 6.45) is 0. The molecule has 3 aromatic rings. The summed E-state index contributed by atoms with van der Waals surface area (Å²) >= 11 is 0. The van der Waals surface area contributed by atoms with Crippen LogP contribution in [0.15, 0.2) is 58.4 Å². The molecule has 0 atom stereocenters. The van der Waals surface area contributed by atoms with Crippen LogP contribution in [0.25, 0.3) is 5.69 Å². The predicted molar refractivity (Wildman–Crippen MR) is 124 cm³/mol. The number of hydrogen-bond acceptors (Lipinski definition) is 6. The van der Waals surface area contributed by atoms with Crippen LogP contribution in [0.5, 0.6) is 11.5 Å². The van der Waals surface area contributed by atoms with Crippen LogP contribution in [-0.2, 0) is 16.6 Å². The lowest BCUT2D eigenvalue weighted by Crippen LogP contribution is -2.34. The Morgan fingerprint density at radius 1 is 0.970 bits per heavy atom. The van der Waals surface area contributed by atoms with Gasteiger partial charge >= 0.3 is 11.8 Å². The largest absolute Gasteiger partial charge is 0.493 e. The van der Waals surface area contributed by atoms with Gasteiger partial charge in [0, 0.05) is 12.6 Å². The molecule has 0 saturated heterocycles. The average molecular weight is 451 g/mol. The lowest BCUT2D eigenvalue weighted by Gasteiger charge is -2.09. The van der Waals surface area contributed by atoms with E-state index in [0.717, 1.165) is 0 Å². The topological polar surface area (TPSA) is 116 Å². The van der Waals surface area contributed by atoms with Gasteiger partial charge in [-0.3, -0.25) is 19.1 Å². The Kier molecular flexibility index (Phi) is 6.97. The van der Waals surface area contributed by atoms with Crippen molar-refractivity contribution in [3.05, 3.63) is 70.1 Å². The monoisotopic (exact) mass is 451 g/mol. The zero-order chi connectivity index (χ0) is 24.1. The maximum Gasteiger partial charge on any atom is 0.329 e. The minimum absolute atomic E-state index is 0.0158. The quantitative estimate of drug-likeness (QED) is 0.338. The summed E-state index contributed by atoms with van der Waals surface area (Å²) in [6.45, 7) is 3.34. The Labute approximate surface area is 190 Å². The fourth-order valence-electron chi connectivity index (χ4n) is 3.19. The molecule has 0 bridgehead atoms. The van der Waals surface area contributed by atoms with Crippen molar-refractivity contribution in [3.8, 4) is 17.2 Å². The van der Waals surface area contributed by atoms with Crippen LogP contribution < -0.4 is 25.8 Å². The van der Waals surface area contributed by atoms with Gasteiger partial charge in [0.15, 0.2) is 11.5 Å². The Balaban J connectivity index is 1.75. The van der Waals surface area contributed by atoms with Crippen LogP contribution in [0.3, 0.4) is 0 Å². The molecule has 0 radical (unpaired) electrons. The van der Waals surface area contributed by atoms with Crippen LogP contribution in [0.2, 0.25) is 0 Å². The predicted octanol–water partition coefficient (Wildman–Crippen LogP) is 1.98. The third-order valence-corrected chi connectivity index (χ3v) is 5.13. The maximum atomic E-state index is 12.9. The first kappa shape index (κ1) is 23.3. The van der Waals surface area contributed by atoms with Crippen molar-refractivity contribution in [3.63, 3.8) is 0 Å². The molecule has 3 rings (SSSR count). The van der Waals surface area contributed by atoms with E-state index >= 15 is 0 Å². The minimum Gasteiger partial charge on any atom is -0.493 e. The van der Waals surface area contributed by atoms with Gasteiger partial charge in [-0.1, -0.05) is 18.2 Å². The first-order valence-corrected chi connectivity index (χ1v) is 10.0. The number of aromatic nitrogens is 2. The molecule has 0 aliphatic rings. The van der Waals surface area contributed by atoms with Crippen LogP contribution in [0, 0.1) is 6.92 Å². The number of nitrogens with zero attached hydrogens (tertiary/aromatic N) is 3. The number of methoxy groups -OCH3 is 2. The highest BCUT2D eigenvalue weighted by Crippen LogP contribution is 2.27. The summed E-state index contributed by atoms with van der Waals surface area (Å²) in [5.41, 5.74) is 4.01. The van der Waals surface area contributed by atoms with Crippen molar-refractivity contribution in [1.82, 2.24) is 14.8 Å². The summed E-state index contributed by atoms with van der Waals surface area (Å²) in [4.78, 5) is 37.6. The molecule has 0 unspecified atom stereocenters. The van der Waals surface area contributed by atoms with Gasteiger partial charge in [-0.15, -0.1) is 0 Å². The number of rotatable bonds is 6. The molecular formula is C23H25N5O5. The van der Waals surface area contributed by atoms with Gasteiger partial charge < -0.3 is 14.8 Å². The molecule has 172 valence electrons. The second-order valence-electron chi connectivity index (χ2n) is 7.10. The van der Waals surface area contributed by atoms with Gasteiger partial charge in [0.05, 0.1) is 31.3 Å². The van der Waals surface area contributed by atoms with E-state index in [-0.39, 0.29) is 5.69 Å². The SMILES string of the molecule is COc1ccc(/C(C)=N/NC(=O)C(=O)Nc2c(C)n(C)n(-c3ccccc3)c2=O)cc1OC. The molecule has 0 fully saturated rings. The van der Waals surface area contributed by atoms with E-state index < -0.39 is 17.4 Å². The van der Waals surface area contributed by atoms with E-state index in [0.29, 0.717) is 34.2 Å². The van der Waals surface area contributed by atoms with Gasteiger partial charge in [0.1, 0.15) is 5.69 Å². The van der Waals surface area contributed by atoms with Crippen molar-refractivity contribution >= 4 is 23.2 Å². The number of carbonyl (C=O) groups is 2. The maximum absolute atomic E-state index is 12.9. The Bertz CT molecular complexity index is 1270. The van der Waals surface area contributed by atoms with Gasteiger partial charge in [-0.25, -0.2) is 10.1 Å². The zero-order valence-electron chi connectivity index (χ0n) is 19.0. The van der Waals surface area contributed by atoms with Crippen LogP contribution in [0.1, 0.15) is 18.2 Å². The second kappa shape index (κ2) is 9.86. The van der Waals surface area contributed by atoms with Crippen LogP contribution in [0.4, 0.5) is 5.69 Å². The summed E-state index contributed by atoms with van der Waals surface area (Å²) in [6, 6.07) is 14.1. The highest BCUT2D eigenvalue weighted by Gasteiger charge is 2.21. The minimum atomic E-state index is -1.01. The number of carbonyl (C=O) groups excluding carboxylic acids is 2. The molecule has 10 heteroatoms. The Morgan fingerprint density at radius 2 is 1.64 bits per heavy atom. The highest BCUT2D eigenvalue weighted by atomic mass is 16.5. The smallest absolute Gasteiger partial charge is 0.329 e. The highest BCUT2D eigenvalue weighted by molar-refractivity contribution is 6.39. The van der Waals surface area contributed by atoms with E-state index in [1.165, 1.54) is 18.9 Å². The van der Waals surface area contributed by atoms with Gasteiger partial charge in [-0.2, -0.15) is 5.10 Å². The molecule has 2 amide bonds. The number of hydrazone groups is 1. The number of anilines is 1. The molecule has 2 N–H and O–H groups in total. The summed E-state index contributed by atoms with van der Waals surface area (Å²) < 4.78 is 13.5. The van der Waals surface area contributed by atoms with Gasteiger partial charge in [0.2, 0.25) is 0 Å². The molecule has 0 spiro atoms. The van der Waals surface area contributed by atoms with Crippen molar-refractivity contribution < 1.29 is 19.1 Å². The third-order valence-electron chi connectivity index (χ3n) is 5.13. The van der Waals surface area contributed by atoms with Gasteiger partial charge in [0.25, 0.3) is 5.56 Å². The number of amides is 2. The molecule has 1 heterocycles. The van der Waals surface area contributed by atoms with Crippen molar-refractivity contribution in [2.75, 3.05) is 19.5 Å². The van der Waals surface area contributed by atoms with Crippen molar-refractivity contribution in [2.24, 2.45) is 12.1 Å². The first-order valence-electron chi connectivity index (χ1n) is 10.0. The fraction of sp³-hybridized carbons (Fsp3) is 0.217. The number of benzene rings is 2. The lowest BCUT2D eigenvalue weighted by atomic mass is 10.1. The molecule has 10 nitrogen and oxygen atoms in total. The van der Waals surface area contributed by atoms with E-state index in [2.05, 4.69) is 15.8 Å². The van der Waals surface area contributed by atoms with Crippen LogP contribution in [-0.4, -0.2) is 41.1 Å². The number of para-hydroxylation sites is 1. The summed E-state index contributed by atoms with van der Waals surface area (Å²) in [5.74, 6) is -0.965. The molecule has 33 heavy (non-hydrogen) atoms. The molecule has 2 aromatic carbocycles. The van der Waals surface area contributed by atoms with Crippen molar-refractivity contribution in [1.29, 1.82) is 0 Å². The number of hydrogen-bond donors (Lipinski definition) is 2. The summed E-state index contributed by atoms with van der Waals surface area (Å²) in [7, 11) is 4.73. The van der Waals surface area contributed by atoms with E-state index in [1.807, 2.05) is 6.07 Å². The average Bonchev–Trinajstić information content (AvgIpc) is 3.05. The number of ether oxygens (including phenoxy) is 2. The van der Waals surface area contributed by atoms with E-state index in [1.54, 1.807) is 68.0 Å².